The minimum Gasteiger partial charge on any atom is -0.455 e. The molecular weight excluding hydrogens is 384 g/mol. The van der Waals surface area contributed by atoms with Crippen LogP contribution < -0.4 is 11.1 Å². The van der Waals surface area contributed by atoms with Crippen molar-refractivity contribution in [3.63, 3.8) is 0 Å². The van der Waals surface area contributed by atoms with Crippen molar-refractivity contribution in [3.8, 4) is 11.4 Å². The normalized spacial score (nSPS) is 11.6. The number of aromatic nitrogens is 2. The number of amides is 2. The molecule has 0 saturated heterocycles. The molecule has 0 unspecified atom stereocenters. The molecule has 28 heavy (non-hydrogen) atoms. The molecule has 3 aromatic rings. The predicted octanol–water partition coefficient (Wildman–Crippen LogP) is 3.23. The standard InChI is InChI=1S/C19H17ClN4O4/c20-14-8-6-12(7-9-14)15(22-19(21)26)10-17(25)27-11-16-23-18(24-28-16)13-4-2-1-3-5-13/h1-9,15H,10-11H2,(H3,21,22,26)/t15-/m0/s1. The van der Waals surface area contributed by atoms with Crippen LogP contribution in [0.2, 0.25) is 5.02 Å². The molecule has 1 heterocycles. The largest absolute Gasteiger partial charge is 0.455 e. The van der Waals surface area contributed by atoms with Crippen LogP contribution in [-0.2, 0) is 16.1 Å². The van der Waals surface area contributed by atoms with Gasteiger partial charge in [0.1, 0.15) is 0 Å². The highest BCUT2D eigenvalue weighted by atomic mass is 35.5. The number of nitrogens with zero attached hydrogens (tertiary/aromatic N) is 2. The Balaban J connectivity index is 1.59. The quantitative estimate of drug-likeness (QED) is 0.587. The number of urea groups is 1. The molecule has 0 aliphatic carbocycles. The van der Waals surface area contributed by atoms with Gasteiger partial charge in [-0.2, -0.15) is 4.98 Å². The number of benzene rings is 2. The van der Waals surface area contributed by atoms with Gasteiger partial charge >= 0.3 is 12.0 Å². The average Bonchev–Trinajstić information content (AvgIpc) is 3.16. The number of hydrogen-bond acceptors (Lipinski definition) is 6. The highest BCUT2D eigenvalue weighted by molar-refractivity contribution is 6.30. The Morgan fingerprint density at radius 2 is 1.86 bits per heavy atom. The summed E-state index contributed by atoms with van der Waals surface area (Å²) in [4.78, 5) is 27.6. The summed E-state index contributed by atoms with van der Waals surface area (Å²) in [5.74, 6) is 0.00681. The van der Waals surface area contributed by atoms with E-state index in [-0.39, 0.29) is 18.9 Å². The van der Waals surface area contributed by atoms with Gasteiger partial charge in [-0.1, -0.05) is 59.2 Å². The summed E-state index contributed by atoms with van der Waals surface area (Å²) >= 11 is 5.86. The fourth-order valence-electron chi connectivity index (χ4n) is 2.50. The molecule has 144 valence electrons. The van der Waals surface area contributed by atoms with Crippen molar-refractivity contribution >= 4 is 23.6 Å². The van der Waals surface area contributed by atoms with Crippen molar-refractivity contribution in [1.29, 1.82) is 0 Å². The molecule has 2 amide bonds. The van der Waals surface area contributed by atoms with Gasteiger partial charge in [-0.25, -0.2) is 4.79 Å². The van der Waals surface area contributed by atoms with Crippen molar-refractivity contribution < 1.29 is 18.8 Å². The molecule has 9 heteroatoms. The fourth-order valence-corrected chi connectivity index (χ4v) is 2.63. The number of esters is 1. The SMILES string of the molecule is NC(=O)N[C@@H](CC(=O)OCc1nc(-c2ccccc2)no1)c1ccc(Cl)cc1. The summed E-state index contributed by atoms with van der Waals surface area (Å²) in [6.07, 6.45) is -0.121. The van der Waals surface area contributed by atoms with Gasteiger partial charge in [-0.3, -0.25) is 4.79 Å². The summed E-state index contributed by atoms with van der Waals surface area (Å²) in [6.45, 7) is -0.178. The Labute approximate surface area is 165 Å². The summed E-state index contributed by atoms with van der Waals surface area (Å²) in [5, 5.41) is 6.91. The zero-order chi connectivity index (χ0) is 19.9. The monoisotopic (exact) mass is 400 g/mol. The molecule has 0 aliphatic rings. The molecule has 0 aliphatic heterocycles. The molecular formula is C19H17ClN4O4. The average molecular weight is 401 g/mol. The lowest BCUT2D eigenvalue weighted by atomic mass is 10.0. The van der Waals surface area contributed by atoms with E-state index in [1.165, 1.54) is 0 Å². The zero-order valence-corrected chi connectivity index (χ0v) is 15.4. The van der Waals surface area contributed by atoms with Gasteiger partial charge < -0.3 is 20.3 Å². The Hall–Kier alpha value is -3.39. The zero-order valence-electron chi connectivity index (χ0n) is 14.7. The summed E-state index contributed by atoms with van der Waals surface area (Å²) < 4.78 is 10.3. The second-order valence-electron chi connectivity index (χ2n) is 5.86. The lowest BCUT2D eigenvalue weighted by Crippen LogP contribution is -2.34. The molecule has 0 spiro atoms. The third kappa shape index (κ3) is 5.31. The number of carbonyl (C=O) groups excluding carboxylic acids is 2. The number of ether oxygens (including phenoxy) is 1. The van der Waals surface area contributed by atoms with E-state index < -0.39 is 18.0 Å². The molecule has 0 saturated carbocycles. The number of nitrogens with two attached hydrogens (primary N) is 1. The molecule has 1 atom stereocenters. The van der Waals surface area contributed by atoms with Crippen LogP contribution in [-0.4, -0.2) is 22.1 Å². The van der Waals surface area contributed by atoms with Gasteiger partial charge in [0.25, 0.3) is 5.89 Å². The van der Waals surface area contributed by atoms with Gasteiger partial charge in [0.2, 0.25) is 5.82 Å². The molecule has 2 aromatic carbocycles. The van der Waals surface area contributed by atoms with Crippen molar-refractivity contribution in [2.75, 3.05) is 0 Å². The first-order valence-corrected chi connectivity index (χ1v) is 8.74. The third-order valence-electron chi connectivity index (χ3n) is 3.82. The minimum absolute atomic E-state index is 0.121. The van der Waals surface area contributed by atoms with Crippen molar-refractivity contribution in [2.45, 2.75) is 19.1 Å². The maximum atomic E-state index is 12.2. The smallest absolute Gasteiger partial charge is 0.312 e. The number of hydrogen-bond donors (Lipinski definition) is 2. The van der Waals surface area contributed by atoms with Gasteiger partial charge in [0.15, 0.2) is 6.61 Å². The van der Waals surface area contributed by atoms with Crippen LogP contribution in [0.25, 0.3) is 11.4 Å². The fraction of sp³-hybridized carbons (Fsp3) is 0.158. The first-order chi connectivity index (χ1) is 13.5. The van der Waals surface area contributed by atoms with Gasteiger partial charge in [-0.05, 0) is 17.7 Å². The van der Waals surface area contributed by atoms with Crippen molar-refractivity contribution in [2.24, 2.45) is 5.73 Å². The Bertz CT molecular complexity index is 944. The number of carbonyl (C=O) groups is 2. The van der Waals surface area contributed by atoms with E-state index >= 15 is 0 Å². The number of halogens is 1. The molecule has 3 N–H and O–H groups in total. The number of rotatable bonds is 7. The lowest BCUT2D eigenvalue weighted by molar-refractivity contribution is -0.146. The minimum atomic E-state index is -0.753. The second-order valence-corrected chi connectivity index (χ2v) is 6.29. The highest BCUT2D eigenvalue weighted by Crippen LogP contribution is 2.20. The van der Waals surface area contributed by atoms with Crippen LogP contribution in [0.5, 0.6) is 0 Å². The van der Waals surface area contributed by atoms with Crippen LogP contribution in [0.4, 0.5) is 4.79 Å². The molecule has 0 radical (unpaired) electrons. The number of primary amides is 1. The van der Waals surface area contributed by atoms with Crippen LogP contribution >= 0.6 is 11.6 Å². The van der Waals surface area contributed by atoms with Crippen LogP contribution in [0.1, 0.15) is 23.9 Å². The topological polar surface area (TPSA) is 120 Å². The molecule has 8 nitrogen and oxygen atoms in total. The Kier molecular flexibility index (Phi) is 6.23. The summed E-state index contributed by atoms with van der Waals surface area (Å²) in [6, 6.07) is 14.6. The van der Waals surface area contributed by atoms with Crippen LogP contribution in [0.15, 0.2) is 59.1 Å². The predicted molar refractivity (Wildman–Crippen MR) is 101 cm³/mol. The van der Waals surface area contributed by atoms with Crippen LogP contribution in [0, 0.1) is 0 Å². The maximum Gasteiger partial charge on any atom is 0.312 e. The Morgan fingerprint density at radius 1 is 1.14 bits per heavy atom. The van der Waals surface area contributed by atoms with E-state index in [1.54, 1.807) is 24.3 Å². The van der Waals surface area contributed by atoms with Gasteiger partial charge in [0.05, 0.1) is 12.5 Å². The van der Waals surface area contributed by atoms with E-state index in [0.717, 1.165) is 5.56 Å². The lowest BCUT2D eigenvalue weighted by Gasteiger charge is -2.17. The highest BCUT2D eigenvalue weighted by Gasteiger charge is 2.19. The van der Waals surface area contributed by atoms with Crippen molar-refractivity contribution in [3.05, 3.63) is 71.1 Å². The van der Waals surface area contributed by atoms with E-state index in [0.29, 0.717) is 16.4 Å². The molecule has 3 rings (SSSR count). The van der Waals surface area contributed by atoms with E-state index in [2.05, 4.69) is 15.5 Å². The second kappa shape index (κ2) is 9.01. The van der Waals surface area contributed by atoms with Gasteiger partial charge in [0, 0.05) is 10.6 Å². The first-order valence-electron chi connectivity index (χ1n) is 8.36. The van der Waals surface area contributed by atoms with E-state index in [9.17, 15) is 9.59 Å². The molecule has 0 bridgehead atoms. The van der Waals surface area contributed by atoms with E-state index in [1.807, 2.05) is 30.3 Å². The Morgan fingerprint density at radius 3 is 2.54 bits per heavy atom. The van der Waals surface area contributed by atoms with Crippen LogP contribution in [0.3, 0.4) is 0 Å². The van der Waals surface area contributed by atoms with Gasteiger partial charge in [-0.15, -0.1) is 0 Å². The van der Waals surface area contributed by atoms with Crippen molar-refractivity contribution in [1.82, 2.24) is 15.5 Å². The summed E-state index contributed by atoms with van der Waals surface area (Å²) in [7, 11) is 0. The molecule has 1 aromatic heterocycles. The summed E-state index contributed by atoms with van der Waals surface area (Å²) in [5.41, 5.74) is 6.66. The molecule has 0 fully saturated rings. The van der Waals surface area contributed by atoms with E-state index in [4.69, 9.17) is 26.6 Å². The first kappa shape index (κ1) is 19.4. The third-order valence-corrected chi connectivity index (χ3v) is 4.07. The number of nitrogens with one attached hydrogen (secondary N) is 1. The maximum absolute atomic E-state index is 12.2.